The van der Waals surface area contributed by atoms with E-state index in [9.17, 15) is 4.79 Å². The fourth-order valence-corrected chi connectivity index (χ4v) is 7.09. The third-order valence-electron chi connectivity index (χ3n) is 8.33. The summed E-state index contributed by atoms with van der Waals surface area (Å²) in [7, 11) is 1.70. The minimum atomic E-state index is -0.0267. The molecular weight excluding hydrogens is 374 g/mol. The summed E-state index contributed by atoms with van der Waals surface area (Å²) in [6.45, 7) is 7.03. The van der Waals surface area contributed by atoms with E-state index in [0.29, 0.717) is 0 Å². The summed E-state index contributed by atoms with van der Waals surface area (Å²) < 4.78 is 5.25. The van der Waals surface area contributed by atoms with E-state index in [-0.39, 0.29) is 17.5 Å². The molecule has 4 bridgehead atoms. The number of hydrogen-bond donors (Lipinski definition) is 1. The lowest BCUT2D eigenvalue weighted by Crippen LogP contribution is -2.63. The number of methoxy groups -OCH3 is 1. The summed E-state index contributed by atoms with van der Waals surface area (Å²) in [6, 6.07) is 8.32. The summed E-state index contributed by atoms with van der Waals surface area (Å²) in [4.78, 5) is 18.0. The van der Waals surface area contributed by atoms with E-state index >= 15 is 0 Å². The van der Waals surface area contributed by atoms with Crippen LogP contribution in [-0.4, -0.2) is 60.6 Å². The van der Waals surface area contributed by atoms with E-state index in [1.165, 1.54) is 44.1 Å². The summed E-state index contributed by atoms with van der Waals surface area (Å²) >= 11 is 0. The monoisotopic (exact) mass is 411 g/mol. The average molecular weight is 412 g/mol. The molecule has 0 aromatic heterocycles. The number of ether oxygens (including phenoxy) is 1. The van der Waals surface area contributed by atoms with Gasteiger partial charge >= 0.3 is 0 Å². The van der Waals surface area contributed by atoms with E-state index in [2.05, 4.69) is 34.2 Å². The van der Waals surface area contributed by atoms with Gasteiger partial charge in [0.05, 0.1) is 13.2 Å². The van der Waals surface area contributed by atoms with Gasteiger partial charge in [-0.2, -0.15) is 0 Å². The minimum Gasteiger partial charge on any atom is -0.497 e. The van der Waals surface area contributed by atoms with Crippen LogP contribution in [0.1, 0.15) is 51.0 Å². The SMILES string of the molecule is COc1ccc(CN2CCN([C@@H](C)C(=O)NC34CC5CC(CC(C5)C3)C4)CC2)cc1. The number of piperazine rings is 1. The summed E-state index contributed by atoms with van der Waals surface area (Å²) in [5.41, 5.74) is 1.44. The molecule has 5 heteroatoms. The van der Waals surface area contributed by atoms with Crippen LogP contribution in [0.4, 0.5) is 0 Å². The van der Waals surface area contributed by atoms with Crippen LogP contribution >= 0.6 is 0 Å². The Bertz CT molecular complexity index is 719. The van der Waals surface area contributed by atoms with Crippen LogP contribution in [0.2, 0.25) is 0 Å². The number of carbonyl (C=O) groups excluding carboxylic acids is 1. The number of nitrogens with one attached hydrogen (secondary N) is 1. The number of carbonyl (C=O) groups is 1. The van der Waals surface area contributed by atoms with Gasteiger partial charge in [0.15, 0.2) is 0 Å². The molecular formula is C25H37N3O2. The molecule has 5 nitrogen and oxygen atoms in total. The number of amides is 1. The largest absolute Gasteiger partial charge is 0.497 e. The molecule has 1 heterocycles. The lowest BCUT2D eigenvalue weighted by molar-refractivity contribution is -0.132. The lowest BCUT2D eigenvalue weighted by Gasteiger charge is -2.57. The molecule has 1 saturated heterocycles. The zero-order valence-corrected chi connectivity index (χ0v) is 18.6. The van der Waals surface area contributed by atoms with Crippen LogP contribution in [0.25, 0.3) is 0 Å². The smallest absolute Gasteiger partial charge is 0.237 e. The van der Waals surface area contributed by atoms with Gasteiger partial charge in [0.25, 0.3) is 0 Å². The normalized spacial score (nSPS) is 34.7. The molecule has 0 radical (unpaired) electrons. The van der Waals surface area contributed by atoms with E-state index in [1.807, 2.05) is 12.1 Å². The minimum absolute atomic E-state index is 0.0267. The van der Waals surface area contributed by atoms with Crippen LogP contribution in [0.15, 0.2) is 24.3 Å². The average Bonchev–Trinajstić information content (AvgIpc) is 2.73. The van der Waals surface area contributed by atoms with Crippen molar-refractivity contribution in [3.63, 3.8) is 0 Å². The Morgan fingerprint density at radius 3 is 2.13 bits per heavy atom. The van der Waals surface area contributed by atoms with Gasteiger partial charge in [-0.1, -0.05) is 12.1 Å². The molecule has 1 aromatic rings. The Morgan fingerprint density at radius 1 is 1.03 bits per heavy atom. The van der Waals surface area contributed by atoms with Crippen molar-refractivity contribution in [1.29, 1.82) is 0 Å². The summed E-state index contributed by atoms with van der Waals surface area (Å²) in [6.07, 6.45) is 7.94. The topological polar surface area (TPSA) is 44.8 Å². The first-order valence-electron chi connectivity index (χ1n) is 11.9. The highest BCUT2D eigenvalue weighted by molar-refractivity contribution is 5.82. The third kappa shape index (κ3) is 4.11. The number of benzene rings is 1. The van der Waals surface area contributed by atoms with Crippen LogP contribution < -0.4 is 10.1 Å². The number of nitrogens with zero attached hydrogens (tertiary/aromatic N) is 2. The first kappa shape index (κ1) is 20.3. The highest BCUT2D eigenvalue weighted by Crippen LogP contribution is 2.55. The fourth-order valence-electron chi connectivity index (χ4n) is 7.09. The molecule has 1 atom stereocenters. The van der Waals surface area contributed by atoms with Crippen molar-refractivity contribution in [3.05, 3.63) is 29.8 Å². The van der Waals surface area contributed by atoms with Gasteiger partial charge in [-0.25, -0.2) is 0 Å². The van der Waals surface area contributed by atoms with E-state index < -0.39 is 0 Å². The predicted molar refractivity (Wildman–Crippen MR) is 118 cm³/mol. The zero-order valence-electron chi connectivity index (χ0n) is 18.6. The van der Waals surface area contributed by atoms with Crippen LogP contribution in [0.5, 0.6) is 5.75 Å². The van der Waals surface area contributed by atoms with Gasteiger partial charge in [0.2, 0.25) is 5.91 Å². The molecule has 1 amide bonds. The maximum Gasteiger partial charge on any atom is 0.237 e. The van der Waals surface area contributed by atoms with E-state index in [4.69, 9.17) is 4.74 Å². The van der Waals surface area contributed by atoms with Gasteiger partial charge < -0.3 is 10.1 Å². The third-order valence-corrected chi connectivity index (χ3v) is 8.33. The quantitative estimate of drug-likeness (QED) is 0.780. The lowest BCUT2D eigenvalue weighted by atomic mass is 9.53. The van der Waals surface area contributed by atoms with Crippen molar-refractivity contribution in [3.8, 4) is 5.75 Å². The molecule has 1 aromatic carbocycles. The fraction of sp³-hybridized carbons (Fsp3) is 0.720. The number of rotatable bonds is 6. The second kappa shape index (κ2) is 8.16. The maximum absolute atomic E-state index is 13.2. The Labute approximate surface area is 181 Å². The van der Waals surface area contributed by atoms with Crippen molar-refractivity contribution in [1.82, 2.24) is 15.1 Å². The van der Waals surface area contributed by atoms with Gasteiger partial charge in [-0.05, 0) is 80.9 Å². The molecule has 164 valence electrons. The zero-order chi connectivity index (χ0) is 20.7. The molecule has 5 fully saturated rings. The summed E-state index contributed by atoms with van der Waals surface area (Å²) in [5, 5.41) is 3.58. The van der Waals surface area contributed by atoms with Crippen molar-refractivity contribution < 1.29 is 9.53 Å². The predicted octanol–water partition coefficient (Wildman–Crippen LogP) is 3.29. The highest BCUT2D eigenvalue weighted by atomic mass is 16.5. The summed E-state index contributed by atoms with van der Waals surface area (Å²) in [5.74, 6) is 3.78. The molecule has 0 spiro atoms. The van der Waals surface area contributed by atoms with Crippen molar-refractivity contribution in [2.45, 2.75) is 63.6 Å². The molecule has 4 aliphatic carbocycles. The molecule has 0 unspecified atom stereocenters. The molecule has 5 aliphatic rings. The Balaban J connectivity index is 1.12. The first-order chi connectivity index (χ1) is 14.5. The van der Waals surface area contributed by atoms with Crippen LogP contribution in [0, 0.1) is 17.8 Å². The number of hydrogen-bond acceptors (Lipinski definition) is 4. The van der Waals surface area contributed by atoms with Gasteiger partial charge in [-0.3, -0.25) is 14.6 Å². The van der Waals surface area contributed by atoms with Crippen molar-refractivity contribution >= 4 is 5.91 Å². The van der Waals surface area contributed by atoms with E-state index in [0.717, 1.165) is 56.2 Å². The Kier molecular flexibility index (Phi) is 5.53. The second-order valence-electron chi connectivity index (χ2n) is 10.5. The Morgan fingerprint density at radius 2 is 1.60 bits per heavy atom. The van der Waals surface area contributed by atoms with Gasteiger partial charge in [0, 0.05) is 38.3 Å². The van der Waals surface area contributed by atoms with E-state index in [1.54, 1.807) is 7.11 Å². The highest BCUT2D eigenvalue weighted by Gasteiger charge is 2.51. The van der Waals surface area contributed by atoms with Gasteiger partial charge in [0.1, 0.15) is 5.75 Å². The second-order valence-corrected chi connectivity index (χ2v) is 10.5. The molecule has 1 aliphatic heterocycles. The Hall–Kier alpha value is -1.59. The molecule has 4 saturated carbocycles. The molecule has 30 heavy (non-hydrogen) atoms. The van der Waals surface area contributed by atoms with Crippen LogP contribution in [0.3, 0.4) is 0 Å². The van der Waals surface area contributed by atoms with Gasteiger partial charge in [-0.15, -0.1) is 0 Å². The standard InChI is InChI=1S/C25H37N3O2/c1-18(24(29)26-25-14-20-11-21(15-25)13-22(12-20)16-25)28-9-7-27(8-10-28)17-19-3-5-23(30-2)6-4-19/h3-6,18,20-22H,7-17H2,1-2H3,(H,26,29)/t18-,20?,21?,22?,25?/m0/s1. The maximum atomic E-state index is 13.2. The van der Waals surface area contributed by atoms with Crippen LogP contribution in [-0.2, 0) is 11.3 Å². The van der Waals surface area contributed by atoms with Crippen molar-refractivity contribution in [2.24, 2.45) is 17.8 Å². The molecule has 6 rings (SSSR count). The van der Waals surface area contributed by atoms with Crippen molar-refractivity contribution in [2.75, 3.05) is 33.3 Å². The first-order valence-corrected chi connectivity index (χ1v) is 11.9. The molecule has 1 N–H and O–H groups in total.